The molecule has 2 aromatic heterocycles. The molecule has 188 valence electrons. The molecule has 4 rings (SSSR count). The van der Waals surface area contributed by atoms with Crippen LogP contribution >= 0.6 is 0 Å². The molecule has 2 N–H and O–H groups in total. The summed E-state index contributed by atoms with van der Waals surface area (Å²) < 4.78 is 43.0. The first-order valence-corrected chi connectivity index (χ1v) is 11.3. The largest absolute Gasteiger partial charge is 0.573 e. The smallest absolute Gasteiger partial charge is 0.406 e. The molecule has 1 unspecified atom stereocenters. The summed E-state index contributed by atoms with van der Waals surface area (Å²) in [4.78, 5) is 21.6. The van der Waals surface area contributed by atoms with Crippen molar-refractivity contribution in [3.63, 3.8) is 0 Å². The van der Waals surface area contributed by atoms with Gasteiger partial charge in [0.25, 0.3) is 0 Å². The molecule has 0 spiro atoms. The van der Waals surface area contributed by atoms with E-state index < -0.39 is 19.0 Å². The summed E-state index contributed by atoms with van der Waals surface area (Å²) >= 11 is 0. The quantitative estimate of drug-likeness (QED) is 0.356. The van der Waals surface area contributed by atoms with E-state index >= 15 is 0 Å². The highest BCUT2D eigenvalue weighted by molar-refractivity contribution is 5.77. The highest BCUT2D eigenvalue weighted by atomic mass is 19.4. The van der Waals surface area contributed by atoms with Crippen molar-refractivity contribution in [2.45, 2.75) is 38.7 Å². The van der Waals surface area contributed by atoms with Crippen LogP contribution in [0.5, 0.6) is 5.75 Å². The number of halogens is 3. The third kappa shape index (κ3) is 6.39. The van der Waals surface area contributed by atoms with Crippen molar-refractivity contribution in [3.05, 3.63) is 89.5 Å². The van der Waals surface area contributed by atoms with E-state index in [1.165, 1.54) is 12.1 Å². The van der Waals surface area contributed by atoms with Crippen LogP contribution in [0.4, 0.5) is 13.2 Å². The molecule has 1 amide bonds. The molecule has 0 aliphatic rings. The number of pyridine rings is 1. The molecule has 0 aliphatic carbocycles. The number of aryl methyl sites for hydroxylation is 2. The number of aromatic nitrogens is 3. The Kier molecular flexibility index (Phi) is 7.54. The van der Waals surface area contributed by atoms with Crippen molar-refractivity contribution in [2.24, 2.45) is 0 Å². The van der Waals surface area contributed by atoms with E-state index in [2.05, 4.69) is 20.0 Å². The van der Waals surface area contributed by atoms with Gasteiger partial charge < -0.3 is 19.7 Å². The van der Waals surface area contributed by atoms with Crippen molar-refractivity contribution in [2.75, 3.05) is 6.61 Å². The second kappa shape index (κ2) is 10.8. The molecule has 0 fully saturated rings. The highest BCUT2D eigenvalue weighted by Gasteiger charge is 2.31. The zero-order chi connectivity index (χ0) is 25.7. The molecule has 0 saturated carbocycles. The zero-order valence-electron chi connectivity index (χ0n) is 19.5. The molecule has 0 saturated heterocycles. The molecule has 36 heavy (non-hydrogen) atoms. The van der Waals surface area contributed by atoms with Gasteiger partial charge in [-0.15, -0.1) is 13.2 Å². The van der Waals surface area contributed by atoms with Gasteiger partial charge in [-0.1, -0.05) is 42.0 Å². The number of imidazole rings is 1. The third-order valence-electron chi connectivity index (χ3n) is 5.70. The maximum atomic E-state index is 12.7. The lowest BCUT2D eigenvalue weighted by atomic mass is 10.1. The van der Waals surface area contributed by atoms with Crippen LogP contribution in [-0.4, -0.2) is 38.5 Å². The Labute approximate surface area is 205 Å². The maximum absolute atomic E-state index is 12.7. The number of nitrogens with one attached hydrogen (secondary N) is 1. The van der Waals surface area contributed by atoms with Crippen LogP contribution in [0.3, 0.4) is 0 Å². The minimum atomic E-state index is -4.79. The van der Waals surface area contributed by atoms with Crippen LogP contribution in [0.2, 0.25) is 0 Å². The summed E-state index contributed by atoms with van der Waals surface area (Å²) in [5.41, 5.74) is 4.35. The number of aliphatic hydroxyl groups is 1. The van der Waals surface area contributed by atoms with E-state index in [1.54, 1.807) is 12.4 Å². The zero-order valence-corrected chi connectivity index (χ0v) is 19.5. The Bertz CT molecular complexity index is 1320. The number of aliphatic hydroxyl groups excluding tert-OH is 1. The molecule has 4 aromatic rings. The van der Waals surface area contributed by atoms with Crippen molar-refractivity contribution in [1.82, 2.24) is 19.9 Å². The fourth-order valence-corrected chi connectivity index (χ4v) is 3.89. The standard InChI is InChI=1S/C26H25F3N4O3/c1-17-2-4-18(5-3-17)15-33-23-14-30-13-12-21(23)31-24(33)10-11-25(35)32-22(16-34)19-6-8-20(9-7-19)36-26(27,28)29/h2-9,12-14,22,34H,10-11,15-16H2,1H3,(H,32,35). The molecule has 1 atom stereocenters. The average Bonchev–Trinajstić information content (AvgIpc) is 3.19. The van der Waals surface area contributed by atoms with Crippen LogP contribution in [0.25, 0.3) is 11.0 Å². The second-order valence-electron chi connectivity index (χ2n) is 8.38. The molecular formula is C26H25F3N4O3. The Morgan fingerprint density at radius 1 is 1.11 bits per heavy atom. The molecular weight excluding hydrogens is 473 g/mol. The molecule has 0 radical (unpaired) electrons. The van der Waals surface area contributed by atoms with E-state index in [1.807, 2.05) is 41.8 Å². The molecule has 7 nitrogen and oxygen atoms in total. The lowest BCUT2D eigenvalue weighted by Gasteiger charge is -2.18. The molecule has 2 aromatic carbocycles. The number of ether oxygens (including phenoxy) is 1. The molecule has 2 heterocycles. The summed E-state index contributed by atoms with van der Waals surface area (Å²) in [6.45, 7) is 2.18. The predicted octanol–water partition coefficient (Wildman–Crippen LogP) is 4.47. The Hall–Kier alpha value is -3.92. The number of nitrogens with zero attached hydrogens (tertiary/aromatic N) is 3. The van der Waals surface area contributed by atoms with Crippen molar-refractivity contribution < 1.29 is 27.8 Å². The van der Waals surface area contributed by atoms with Gasteiger partial charge in [0.1, 0.15) is 11.6 Å². The number of hydrogen-bond donors (Lipinski definition) is 2. The Morgan fingerprint density at radius 2 is 1.83 bits per heavy atom. The summed E-state index contributed by atoms with van der Waals surface area (Å²) in [5, 5.41) is 12.5. The molecule has 0 aliphatic heterocycles. The summed E-state index contributed by atoms with van der Waals surface area (Å²) in [7, 11) is 0. The second-order valence-corrected chi connectivity index (χ2v) is 8.38. The van der Waals surface area contributed by atoms with Gasteiger partial charge in [0, 0.05) is 25.6 Å². The van der Waals surface area contributed by atoms with Gasteiger partial charge >= 0.3 is 6.36 Å². The number of amides is 1. The predicted molar refractivity (Wildman–Crippen MR) is 127 cm³/mol. The van der Waals surface area contributed by atoms with Crippen molar-refractivity contribution in [1.29, 1.82) is 0 Å². The van der Waals surface area contributed by atoms with Crippen LogP contribution in [0.15, 0.2) is 67.0 Å². The normalized spacial score (nSPS) is 12.5. The fraction of sp³-hybridized carbons (Fsp3) is 0.269. The van der Waals surface area contributed by atoms with Crippen LogP contribution in [0.1, 0.15) is 35.0 Å². The summed E-state index contributed by atoms with van der Waals surface area (Å²) in [6, 6.07) is 14.2. The van der Waals surface area contributed by atoms with Gasteiger partial charge in [0.15, 0.2) is 0 Å². The Morgan fingerprint density at radius 3 is 2.50 bits per heavy atom. The minimum Gasteiger partial charge on any atom is -0.406 e. The topological polar surface area (TPSA) is 89.3 Å². The van der Waals surface area contributed by atoms with E-state index in [-0.39, 0.29) is 18.1 Å². The first-order chi connectivity index (χ1) is 17.2. The van der Waals surface area contributed by atoms with Crippen molar-refractivity contribution >= 4 is 16.9 Å². The first-order valence-electron chi connectivity index (χ1n) is 11.3. The number of benzene rings is 2. The molecule has 10 heteroatoms. The van der Waals surface area contributed by atoms with Crippen molar-refractivity contribution in [3.8, 4) is 5.75 Å². The lowest BCUT2D eigenvalue weighted by molar-refractivity contribution is -0.274. The van der Waals surface area contributed by atoms with Gasteiger partial charge in [-0.05, 0) is 36.2 Å². The maximum Gasteiger partial charge on any atom is 0.573 e. The van der Waals surface area contributed by atoms with E-state index in [4.69, 9.17) is 0 Å². The van der Waals surface area contributed by atoms with Gasteiger partial charge in [-0.25, -0.2) is 4.98 Å². The SMILES string of the molecule is Cc1ccc(Cn2c(CCC(=O)NC(CO)c3ccc(OC(F)(F)F)cc3)nc3ccncc32)cc1. The monoisotopic (exact) mass is 498 g/mol. The summed E-state index contributed by atoms with van der Waals surface area (Å²) in [5.74, 6) is 0.0240. The van der Waals surface area contributed by atoms with E-state index in [0.717, 1.165) is 40.1 Å². The Balaban J connectivity index is 1.44. The van der Waals surface area contributed by atoms with Crippen LogP contribution in [0, 0.1) is 6.92 Å². The number of carbonyl (C=O) groups is 1. The van der Waals surface area contributed by atoms with Crippen LogP contribution in [-0.2, 0) is 17.8 Å². The number of carbonyl (C=O) groups excluding carboxylic acids is 1. The number of hydrogen-bond acceptors (Lipinski definition) is 5. The van der Waals surface area contributed by atoms with Gasteiger partial charge in [-0.3, -0.25) is 9.78 Å². The minimum absolute atomic E-state index is 0.108. The average molecular weight is 499 g/mol. The lowest BCUT2D eigenvalue weighted by Crippen LogP contribution is -2.31. The van der Waals surface area contributed by atoms with Crippen LogP contribution < -0.4 is 10.1 Å². The fourth-order valence-electron chi connectivity index (χ4n) is 3.89. The summed E-state index contributed by atoms with van der Waals surface area (Å²) in [6.07, 6.45) is -0.926. The number of fused-ring (bicyclic) bond motifs is 1. The highest BCUT2D eigenvalue weighted by Crippen LogP contribution is 2.25. The molecule has 0 bridgehead atoms. The third-order valence-corrected chi connectivity index (χ3v) is 5.70. The van der Waals surface area contributed by atoms with Gasteiger partial charge in [0.2, 0.25) is 5.91 Å². The van der Waals surface area contributed by atoms with E-state index in [9.17, 15) is 23.1 Å². The first kappa shape index (κ1) is 25.2. The van der Waals surface area contributed by atoms with Gasteiger partial charge in [-0.2, -0.15) is 0 Å². The van der Waals surface area contributed by atoms with Gasteiger partial charge in [0.05, 0.1) is 29.9 Å². The van der Waals surface area contributed by atoms with E-state index in [0.29, 0.717) is 18.5 Å². The number of rotatable bonds is 9. The number of alkyl halides is 3.